The zero-order valence-corrected chi connectivity index (χ0v) is 12.3. The molecule has 0 heterocycles. The van der Waals surface area contributed by atoms with Crippen LogP contribution in [0.25, 0.3) is 0 Å². The van der Waals surface area contributed by atoms with Gasteiger partial charge in [-0.3, -0.25) is 0 Å². The SMILES string of the molecule is Cc1cc(OC2CCCCCCC2)ccc1[Se]. The Kier molecular flexibility index (Phi) is 4.94. The summed E-state index contributed by atoms with van der Waals surface area (Å²) in [7, 11) is 0. The molecule has 0 bridgehead atoms. The number of hydrogen-bond acceptors (Lipinski definition) is 1. The van der Waals surface area contributed by atoms with Crippen molar-refractivity contribution >= 4 is 20.5 Å². The second kappa shape index (κ2) is 6.47. The van der Waals surface area contributed by atoms with Crippen molar-refractivity contribution in [3.05, 3.63) is 23.8 Å². The van der Waals surface area contributed by atoms with Crippen LogP contribution in [0.1, 0.15) is 50.5 Å². The second-order valence-electron chi connectivity index (χ2n) is 5.01. The Hall–Kier alpha value is -0.461. The van der Waals surface area contributed by atoms with Gasteiger partial charge in [0.05, 0.1) is 0 Å². The van der Waals surface area contributed by atoms with E-state index in [0.717, 1.165) is 5.75 Å². The fourth-order valence-corrected chi connectivity index (χ4v) is 2.69. The summed E-state index contributed by atoms with van der Waals surface area (Å²) in [6.45, 7) is 2.12. The first-order chi connectivity index (χ1) is 8.25. The summed E-state index contributed by atoms with van der Waals surface area (Å²) in [5.74, 6) is 1.03. The number of hydrogen-bond donors (Lipinski definition) is 0. The molecule has 2 rings (SSSR count). The molecule has 1 nitrogen and oxygen atoms in total. The van der Waals surface area contributed by atoms with Crippen LogP contribution in [0.2, 0.25) is 0 Å². The van der Waals surface area contributed by atoms with Gasteiger partial charge < -0.3 is 0 Å². The number of ether oxygens (including phenoxy) is 1. The van der Waals surface area contributed by atoms with Gasteiger partial charge in [-0.05, 0) is 0 Å². The molecule has 0 aliphatic heterocycles. The third-order valence-corrected chi connectivity index (χ3v) is 4.46. The predicted molar refractivity (Wildman–Crippen MR) is 73.3 cm³/mol. The van der Waals surface area contributed by atoms with Crippen molar-refractivity contribution in [1.82, 2.24) is 0 Å². The first-order valence-electron chi connectivity index (χ1n) is 6.70. The summed E-state index contributed by atoms with van der Waals surface area (Å²) in [5.41, 5.74) is 1.27. The molecular formula is C15H21OSe. The van der Waals surface area contributed by atoms with E-state index in [-0.39, 0.29) is 0 Å². The maximum absolute atomic E-state index is 6.11. The Balaban J connectivity index is 1.95. The van der Waals surface area contributed by atoms with E-state index in [1.807, 2.05) is 0 Å². The number of aryl methyl sites for hydroxylation is 1. The molecule has 0 spiro atoms. The van der Waals surface area contributed by atoms with Crippen LogP contribution in [-0.2, 0) is 0 Å². The molecule has 17 heavy (non-hydrogen) atoms. The monoisotopic (exact) mass is 297 g/mol. The predicted octanol–water partition coefficient (Wildman–Crippen LogP) is 3.28. The van der Waals surface area contributed by atoms with E-state index >= 15 is 0 Å². The average Bonchev–Trinajstić information content (AvgIpc) is 2.27. The summed E-state index contributed by atoms with van der Waals surface area (Å²) in [5, 5.41) is 0. The fourth-order valence-electron chi connectivity index (χ4n) is 2.42. The molecular weight excluding hydrogens is 275 g/mol. The van der Waals surface area contributed by atoms with Gasteiger partial charge in [0.1, 0.15) is 0 Å². The molecule has 0 atom stereocenters. The Morgan fingerprint density at radius 2 is 1.71 bits per heavy atom. The minimum atomic E-state index is 0.432. The average molecular weight is 296 g/mol. The van der Waals surface area contributed by atoms with Gasteiger partial charge in [-0.15, -0.1) is 0 Å². The fraction of sp³-hybridized carbons (Fsp3) is 0.600. The van der Waals surface area contributed by atoms with Gasteiger partial charge in [0.25, 0.3) is 0 Å². The standard InChI is InChI=1S/C15H21OSe/c1-12-11-14(9-10-15(12)17)16-13-7-5-3-2-4-6-8-13/h9-11,13H,2-8H2,1H3. The van der Waals surface area contributed by atoms with E-state index < -0.39 is 0 Å². The van der Waals surface area contributed by atoms with Crippen molar-refractivity contribution in [2.24, 2.45) is 0 Å². The van der Waals surface area contributed by atoms with Gasteiger partial charge >= 0.3 is 113 Å². The van der Waals surface area contributed by atoms with Crippen LogP contribution >= 0.6 is 0 Å². The van der Waals surface area contributed by atoms with Crippen molar-refractivity contribution in [3.63, 3.8) is 0 Å². The summed E-state index contributed by atoms with van der Waals surface area (Å²) in [6, 6.07) is 6.33. The first kappa shape index (κ1) is 13.0. The molecule has 93 valence electrons. The van der Waals surface area contributed by atoms with Crippen LogP contribution in [0.3, 0.4) is 0 Å². The molecule has 1 aromatic carbocycles. The van der Waals surface area contributed by atoms with Gasteiger partial charge in [0.15, 0.2) is 0 Å². The zero-order chi connectivity index (χ0) is 12.1. The van der Waals surface area contributed by atoms with Crippen molar-refractivity contribution in [1.29, 1.82) is 0 Å². The van der Waals surface area contributed by atoms with E-state index in [9.17, 15) is 0 Å². The third-order valence-electron chi connectivity index (χ3n) is 3.50. The topological polar surface area (TPSA) is 9.23 Å². The van der Waals surface area contributed by atoms with Crippen LogP contribution in [0.5, 0.6) is 5.75 Å². The van der Waals surface area contributed by atoms with Crippen LogP contribution < -0.4 is 9.20 Å². The molecule has 0 unspecified atom stereocenters. The van der Waals surface area contributed by atoms with E-state index in [1.54, 1.807) is 0 Å². The maximum atomic E-state index is 6.11. The molecule has 1 aliphatic rings. The van der Waals surface area contributed by atoms with Crippen LogP contribution in [0, 0.1) is 6.92 Å². The van der Waals surface area contributed by atoms with Crippen molar-refractivity contribution < 1.29 is 4.74 Å². The Morgan fingerprint density at radius 1 is 1.06 bits per heavy atom. The molecule has 1 radical (unpaired) electrons. The molecule has 1 aromatic rings. The van der Waals surface area contributed by atoms with Gasteiger partial charge in [-0.25, -0.2) is 0 Å². The second-order valence-corrected chi connectivity index (χ2v) is 5.94. The molecule has 0 saturated heterocycles. The molecule has 2 heteroatoms. The van der Waals surface area contributed by atoms with E-state index in [2.05, 4.69) is 41.1 Å². The van der Waals surface area contributed by atoms with Crippen LogP contribution in [0.4, 0.5) is 0 Å². The van der Waals surface area contributed by atoms with Gasteiger partial charge in [-0.1, -0.05) is 0 Å². The first-order valence-corrected chi connectivity index (χ1v) is 7.56. The molecule has 0 aromatic heterocycles. The molecule has 1 fully saturated rings. The Labute approximate surface area is 113 Å². The van der Waals surface area contributed by atoms with E-state index in [1.165, 1.54) is 55.0 Å². The summed E-state index contributed by atoms with van der Waals surface area (Å²) in [6.07, 6.45) is 9.68. The summed E-state index contributed by atoms with van der Waals surface area (Å²) < 4.78 is 7.33. The van der Waals surface area contributed by atoms with Gasteiger partial charge in [0.2, 0.25) is 0 Å². The van der Waals surface area contributed by atoms with Crippen molar-refractivity contribution in [3.8, 4) is 5.75 Å². The number of benzene rings is 1. The Morgan fingerprint density at radius 3 is 2.35 bits per heavy atom. The van der Waals surface area contributed by atoms with Crippen molar-refractivity contribution in [2.75, 3.05) is 0 Å². The summed E-state index contributed by atoms with van der Waals surface area (Å²) >= 11 is 3.06. The van der Waals surface area contributed by atoms with Crippen LogP contribution in [0.15, 0.2) is 18.2 Å². The zero-order valence-electron chi connectivity index (χ0n) is 10.6. The van der Waals surface area contributed by atoms with Crippen LogP contribution in [-0.4, -0.2) is 22.1 Å². The number of rotatable bonds is 2. The minimum absolute atomic E-state index is 0.432. The normalized spacial score (nSPS) is 18.4. The Bertz CT molecular complexity index is 354. The van der Waals surface area contributed by atoms with Crippen molar-refractivity contribution in [2.45, 2.75) is 58.0 Å². The quantitative estimate of drug-likeness (QED) is 0.761. The van der Waals surface area contributed by atoms with E-state index in [4.69, 9.17) is 4.74 Å². The molecule has 1 aliphatic carbocycles. The third kappa shape index (κ3) is 4.04. The molecule has 0 amide bonds. The molecule has 1 saturated carbocycles. The molecule has 0 N–H and O–H groups in total. The summed E-state index contributed by atoms with van der Waals surface area (Å²) in [4.78, 5) is 0. The van der Waals surface area contributed by atoms with Gasteiger partial charge in [-0.2, -0.15) is 0 Å². The van der Waals surface area contributed by atoms with E-state index in [0.29, 0.717) is 6.10 Å². The van der Waals surface area contributed by atoms with Gasteiger partial charge in [0, 0.05) is 0 Å².